The Hall–Kier alpha value is -2.91. The standard InChI is InChI=1S/C27H33N3O5S/c1-18-14-22-16-24(8-9-25(22)30(18)27(32)21-6-7-21)36(33,34)29-12-10-20(11-13-29)26(31)28-17-19-4-3-5-23(15-19)35-2/h3-5,8-9,15-16,18,20-21H,6-7,10-14,17H2,1-2H3,(H,28,31)/t18-/m1/s1. The van der Waals surface area contributed by atoms with Crippen molar-refractivity contribution >= 4 is 27.5 Å². The highest BCUT2D eigenvalue weighted by molar-refractivity contribution is 7.89. The van der Waals surface area contributed by atoms with Crippen molar-refractivity contribution in [3.05, 3.63) is 53.6 Å². The Balaban J connectivity index is 1.20. The first-order chi connectivity index (χ1) is 17.3. The molecule has 1 saturated carbocycles. The van der Waals surface area contributed by atoms with E-state index in [-0.39, 0.29) is 34.6 Å². The highest BCUT2D eigenvalue weighted by Gasteiger charge is 2.40. The van der Waals surface area contributed by atoms with Gasteiger partial charge in [0, 0.05) is 43.2 Å². The highest BCUT2D eigenvalue weighted by atomic mass is 32.2. The number of methoxy groups -OCH3 is 1. The molecule has 0 bridgehead atoms. The molecule has 5 rings (SSSR count). The number of sulfonamides is 1. The number of hydrogen-bond acceptors (Lipinski definition) is 5. The molecule has 0 unspecified atom stereocenters. The molecule has 8 nitrogen and oxygen atoms in total. The Morgan fingerprint density at radius 3 is 2.47 bits per heavy atom. The van der Waals surface area contributed by atoms with Gasteiger partial charge in [0.2, 0.25) is 21.8 Å². The van der Waals surface area contributed by atoms with Gasteiger partial charge >= 0.3 is 0 Å². The SMILES string of the molecule is COc1cccc(CNC(=O)C2CCN(S(=O)(=O)c3ccc4c(c3)C[C@@H](C)N4C(=O)C3CC3)CC2)c1. The molecular formula is C27H33N3O5S. The fourth-order valence-corrected chi connectivity index (χ4v) is 6.77. The van der Waals surface area contributed by atoms with E-state index in [9.17, 15) is 18.0 Å². The van der Waals surface area contributed by atoms with Crippen molar-refractivity contribution in [3.8, 4) is 5.75 Å². The molecule has 192 valence electrons. The van der Waals surface area contributed by atoms with Gasteiger partial charge in [-0.3, -0.25) is 9.59 Å². The van der Waals surface area contributed by atoms with E-state index >= 15 is 0 Å². The Bertz CT molecular complexity index is 1270. The van der Waals surface area contributed by atoms with E-state index in [4.69, 9.17) is 4.74 Å². The fraction of sp³-hybridized carbons (Fsp3) is 0.481. The van der Waals surface area contributed by atoms with Gasteiger partial charge in [0.05, 0.1) is 12.0 Å². The predicted molar refractivity (Wildman–Crippen MR) is 136 cm³/mol. The van der Waals surface area contributed by atoms with Gasteiger partial charge in [-0.2, -0.15) is 4.31 Å². The number of hydrogen-bond donors (Lipinski definition) is 1. The summed E-state index contributed by atoms with van der Waals surface area (Å²) in [5.74, 6) is 0.745. The van der Waals surface area contributed by atoms with Gasteiger partial charge in [-0.25, -0.2) is 8.42 Å². The Morgan fingerprint density at radius 2 is 1.78 bits per heavy atom. The second kappa shape index (κ2) is 9.86. The van der Waals surface area contributed by atoms with Crippen LogP contribution >= 0.6 is 0 Å². The van der Waals surface area contributed by atoms with Crippen molar-refractivity contribution in [2.24, 2.45) is 11.8 Å². The van der Waals surface area contributed by atoms with Crippen LogP contribution in [-0.4, -0.2) is 50.8 Å². The zero-order valence-corrected chi connectivity index (χ0v) is 21.6. The van der Waals surface area contributed by atoms with Crippen molar-refractivity contribution in [1.29, 1.82) is 0 Å². The number of carbonyl (C=O) groups excluding carboxylic acids is 2. The summed E-state index contributed by atoms with van der Waals surface area (Å²) < 4.78 is 33.5. The van der Waals surface area contributed by atoms with Crippen LogP contribution in [0.25, 0.3) is 0 Å². The molecule has 2 fully saturated rings. The van der Waals surface area contributed by atoms with Crippen molar-refractivity contribution in [3.63, 3.8) is 0 Å². The lowest BCUT2D eigenvalue weighted by molar-refractivity contribution is -0.126. The fourth-order valence-electron chi connectivity index (χ4n) is 5.25. The minimum absolute atomic E-state index is 0.0392. The second-order valence-corrected chi connectivity index (χ2v) is 12.0. The number of ether oxygens (including phenoxy) is 1. The van der Waals surface area contributed by atoms with Gasteiger partial charge in [0.1, 0.15) is 5.75 Å². The van der Waals surface area contributed by atoms with Crippen molar-refractivity contribution in [2.75, 3.05) is 25.1 Å². The first kappa shape index (κ1) is 24.8. The first-order valence-electron chi connectivity index (χ1n) is 12.6. The summed E-state index contributed by atoms with van der Waals surface area (Å²) in [6.45, 7) is 3.03. The molecule has 1 aliphatic carbocycles. The molecule has 3 aliphatic rings. The Morgan fingerprint density at radius 1 is 1.03 bits per heavy atom. The van der Waals surface area contributed by atoms with Crippen molar-refractivity contribution < 1.29 is 22.7 Å². The summed E-state index contributed by atoms with van der Waals surface area (Å²) in [5.41, 5.74) is 2.69. The van der Waals surface area contributed by atoms with Gasteiger partial charge in [0.15, 0.2) is 0 Å². The van der Waals surface area contributed by atoms with Crippen molar-refractivity contribution in [1.82, 2.24) is 9.62 Å². The summed E-state index contributed by atoms with van der Waals surface area (Å²) in [7, 11) is -2.07. The normalized spacial score (nSPS) is 20.7. The lowest BCUT2D eigenvalue weighted by atomic mass is 9.97. The number of fused-ring (bicyclic) bond motifs is 1. The molecule has 2 aromatic carbocycles. The molecule has 2 amide bonds. The summed E-state index contributed by atoms with van der Waals surface area (Å²) >= 11 is 0. The third-order valence-electron chi connectivity index (χ3n) is 7.49. The Labute approximate surface area is 212 Å². The molecule has 2 heterocycles. The molecule has 1 atom stereocenters. The second-order valence-electron chi connectivity index (χ2n) is 10.1. The third-order valence-corrected chi connectivity index (χ3v) is 9.39. The predicted octanol–water partition coefficient (Wildman–Crippen LogP) is 3.10. The topological polar surface area (TPSA) is 96.0 Å². The number of anilines is 1. The van der Waals surface area contributed by atoms with E-state index < -0.39 is 10.0 Å². The van der Waals surface area contributed by atoms with Crippen LogP contribution in [0.3, 0.4) is 0 Å². The van der Waals surface area contributed by atoms with Crippen LogP contribution in [0.5, 0.6) is 5.75 Å². The third kappa shape index (κ3) is 4.86. The lowest BCUT2D eigenvalue weighted by Crippen LogP contribution is -2.42. The molecule has 1 N–H and O–H groups in total. The van der Waals surface area contributed by atoms with Crippen LogP contribution in [0.4, 0.5) is 5.69 Å². The molecular weight excluding hydrogens is 478 g/mol. The number of carbonyl (C=O) groups is 2. The average molecular weight is 512 g/mol. The van der Waals surface area contributed by atoms with Gasteiger partial charge in [0.25, 0.3) is 0 Å². The minimum Gasteiger partial charge on any atom is -0.497 e. The van der Waals surface area contributed by atoms with Crippen LogP contribution in [0.15, 0.2) is 47.4 Å². The molecule has 1 saturated heterocycles. The molecule has 2 aromatic rings. The quantitative estimate of drug-likeness (QED) is 0.616. The molecule has 9 heteroatoms. The summed E-state index contributed by atoms with van der Waals surface area (Å²) in [4.78, 5) is 27.5. The highest BCUT2D eigenvalue weighted by Crippen LogP contribution is 2.40. The van der Waals surface area contributed by atoms with E-state index in [2.05, 4.69) is 5.32 Å². The zero-order chi connectivity index (χ0) is 25.4. The van der Waals surface area contributed by atoms with Crippen LogP contribution in [0, 0.1) is 11.8 Å². The van der Waals surface area contributed by atoms with E-state index in [1.807, 2.05) is 36.1 Å². The maximum Gasteiger partial charge on any atom is 0.243 e. The van der Waals surface area contributed by atoms with Crippen LogP contribution in [0.1, 0.15) is 43.7 Å². The maximum absolute atomic E-state index is 13.4. The molecule has 0 radical (unpaired) electrons. The van der Waals surface area contributed by atoms with Crippen LogP contribution in [-0.2, 0) is 32.6 Å². The van der Waals surface area contributed by atoms with Crippen LogP contribution in [0.2, 0.25) is 0 Å². The largest absolute Gasteiger partial charge is 0.497 e. The number of nitrogens with one attached hydrogen (secondary N) is 1. The zero-order valence-electron chi connectivity index (χ0n) is 20.8. The first-order valence-corrected chi connectivity index (χ1v) is 14.1. The summed E-state index contributed by atoms with van der Waals surface area (Å²) in [6.07, 6.45) is 3.51. The molecule has 2 aliphatic heterocycles. The summed E-state index contributed by atoms with van der Waals surface area (Å²) in [6, 6.07) is 12.7. The van der Waals surface area contributed by atoms with Gasteiger partial charge < -0.3 is 15.0 Å². The van der Waals surface area contributed by atoms with Gasteiger partial charge in [-0.05, 0) is 80.5 Å². The molecule has 36 heavy (non-hydrogen) atoms. The number of nitrogens with zero attached hydrogens (tertiary/aromatic N) is 2. The van der Waals surface area contributed by atoms with Crippen molar-refractivity contribution in [2.45, 2.75) is 56.5 Å². The van der Waals surface area contributed by atoms with E-state index in [1.165, 1.54) is 4.31 Å². The number of benzene rings is 2. The average Bonchev–Trinajstić information content (AvgIpc) is 3.69. The molecule has 0 spiro atoms. The van der Waals surface area contributed by atoms with E-state index in [0.717, 1.165) is 35.4 Å². The number of amides is 2. The lowest BCUT2D eigenvalue weighted by Gasteiger charge is -2.30. The van der Waals surface area contributed by atoms with Gasteiger partial charge in [-0.1, -0.05) is 12.1 Å². The number of piperidine rings is 1. The smallest absolute Gasteiger partial charge is 0.243 e. The van der Waals surface area contributed by atoms with Crippen LogP contribution < -0.4 is 15.0 Å². The maximum atomic E-state index is 13.4. The van der Waals surface area contributed by atoms with Gasteiger partial charge in [-0.15, -0.1) is 0 Å². The van der Waals surface area contributed by atoms with E-state index in [1.54, 1.807) is 25.3 Å². The number of rotatable bonds is 7. The molecule has 0 aromatic heterocycles. The Kier molecular flexibility index (Phi) is 6.78. The minimum atomic E-state index is -3.67. The monoisotopic (exact) mass is 511 g/mol. The summed E-state index contributed by atoms with van der Waals surface area (Å²) in [5, 5.41) is 2.97. The van der Waals surface area contributed by atoms with E-state index in [0.29, 0.717) is 38.9 Å².